The molecule has 0 aromatic rings. The fourth-order valence-electron chi connectivity index (χ4n) is 1.17. The zero-order chi connectivity index (χ0) is 13.7. The van der Waals surface area contributed by atoms with Crippen molar-refractivity contribution < 1.29 is 23.4 Å². The molecule has 0 aliphatic carbocycles. The Morgan fingerprint density at radius 3 is 2.35 bits per heavy atom. The lowest BCUT2D eigenvalue weighted by atomic mass is 10.0. The van der Waals surface area contributed by atoms with Crippen molar-refractivity contribution in [1.82, 2.24) is 0 Å². The van der Waals surface area contributed by atoms with Gasteiger partial charge in [-0.05, 0) is 26.7 Å². The van der Waals surface area contributed by atoms with E-state index in [-0.39, 0.29) is 18.6 Å². The molecule has 0 aromatic carbocycles. The van der Waals surface area contributed by atoms with Gasteiger partial charge in [-0.2, -0.15) is 0 Å². The van der Waals surface area contributed by atoms with Crippen molar-refractivity contribution in [3.8, 4) is 0 Å². The van der Waals surface area contributed by atoms with Crippen LogP contribution in [-0.2, 0) is 14.6 Å². The summed E-state index contributed by atoms with van der Waals surface area (Å²) in [5.41, 5.74) is 5.10. The first-order valence-electron chi connectivity index (χ1n) is 5.41. The highest BCUT2D eigenvalue weighted by Crippen LogP contribution is 2.09. The van der Waals surface area contributed by atoms with Crippen LogP contribution in [0.2, 0.25) is 0 Å². The number of carbonyl (C=O) groups is 1. The van der Waals surface area contributed by atoms with E-state index in [0.717, 1.165) is 0 Å². The van der Waals surface area contributed by atoms with Crippen molar-refractivity contribution in [2.24, 2.45) is 5.73 Å². The predicted molar refractivity (Wildman–Crippen MR) is 64.4 cm³/mol. The van der Waals surface area contributed by atoms with Gasteiger partial charge in [0.2, 0.25) is 0 Å². The molecule has 0 spiro atoms. The van der Waals surface area contributed by atoms with Crippen LogP contribution in [0.4, 0.5) is 0 Å². The molecule has 0 saturated carbocycles. The molecule has 0 rings (SSSR count). The molecule has 102 valence electrons. The predicted octanol–water partition coefficient (Wildman–Crippen LogP) is -0.246. The van der Waals surface area contributed by atoms with Gasteiger partial charge in [-0.1, -0.05) is 0 Å². The maximum Gasteiger partial charge on any atom is 0.303 e. The van der Waals surface area contributed by atoms with E-state index in [1.807, 2.05) is 0 Å². The Labute approximate surface area is 102 Å². The molecule has 17 heavy (non-hydrogen) atoms. The molecule has 7 heteroatoms. The Kier molecular flexibility index (Phi) is 6.08. The summed E-state index contributed by atoms with van der Waals surface area (Å²) in [7, 11) is -3.38. The van der Waals surface area contributed by atoms with Crippen molar-refractivity contribution in [1.29, 1.82) is 0 Å². The summed E-state index contributed by atoms with van der Waals surface area (Å²) in [6.45, 7) is 3.45. The Morgan fingerprint density at radius 2 is 1.94 bits per heavy atom. The first kappa shape index (κ1) is 16.3. The summed E-state index contributed by atoms with van der Waals surface area (Å²) in [5, 5.41) is 17.8. The van der Waals surface area contributed by atoms with Crippen molar-refractivity contribution in [2.45, 2.75) is 44.8 Å². The zero-order valence-electron chi connectivity index (χ0n) is 10.2. The summed E-state index contributed by atoms with van der Waals surface area (Å²) >= 11 is 0. The molecule has 0 heterocycles. The van der Waals surface area contributed by atoms with Crippen LogP contribution in [0.1, 0.15) is 33.1 Å². The SMILES string of the molecule is CC(C)(N)CCS(=O)(=O)CC(O)CCC(=O)O. The van der Waals surface area contributed by atoms with Gasteiger partial charge in [0.15, 0.2) is 9.84 Å². The Morgan fingerprint density at radius 1 is 1.41 bits per heavy atom. The highest BCUT2D eigenvalue weighted by Gasteiger charge is 2.21. The molecule has 0 bridgehead atoms. The number of carboxylic acids is 1. The summed E-state index contributed by atoms with van der Waals surface area (Å²) in [6, 6.07) is 0. The summed E-state index contributed by atoms with van der Waals surface area (Å²) in [6.07, 6.45) is -1.11. The standard InChI is InChI=1S/C10H21NO5S/c1-10(2,11)5-6-17(15,16)7-8(12)3-4-9(13)14/h8,12H,3-7,11H2,1-2H3,(H,13,14). The van der Waals surface area contributed by atoms with Crippen LogP contribution in [-0.4, -0.2) is 47.7 Å². The number of aliphatic hydroxyl groups excluding tert-OH is 1. The van der Waals surface area contributed by atoms with E-state index in [9.17, 15) is 18.3 Å². The number of sulfone groups is 1. The van der Waals surface area contributed by atoms with Gasteiger partial charge in [0, 0.05) is 12.0 Å². The fraction of sp³-hybridized carbons (Fsp3) is 0.900. The highest BCUT2D eigenvalue weighted by atomic mass is 32.2. The normalized spacial score (nSPS) is 14.6. The van der Waals surface area contributed by atoms with E-state index in [2.05, 4.69) is 0 Å². The van der Waals surface area contributed by atoms with Crippen molar-refractivity contribution in [2.75, 3.05) is 11.5 Å². The minimum atomic E-state index is -3.38. The van der Waals surface area contributed by atoms with E-state index in [1.165, 1.54) is 0 Å². The lowest BCUT2D eigenvalue weighted by Crippen LogP contribution is -2.35. The zero-order valence-corrected chi connectivity index (χ0v) is 11.0. The van der Waals surface area contributed by atoms with Crippen LogP contribution in [0.25, 0.3) is 0 Å². The second kappa shape index (κ2) is 6.32. The lowest BCUT2D eigenvalue weighted by molar-refractivity contribution is -0.137. The van der Waals surface area contributed by atoms with Crippen LogP contribution < -0.4 is 5.73 Å². The Hall–Kier alpha value is -0.660. The van der Waals surface area contributed by atoms with Gasteiger partial charge in [0.25, 0.3) is 0 Å². The van der Waals surface area contributed by atoms with Gasteiger partial charge in [-0.15, -0.1) is 0 Å². The molecular formula is C10H21NO5S. The van der Waals surface area contributed by atoms with Crippen molar-refractivity contribution >= 4 is 15.8 Å². The summed E-state index contributed by atoms with van der Waals surface area (Å²) in [4.78, 5) is 10.2. The molecule has 0 amide bonds. The third kappa shape index (κ3) is 10.2. The van der Waals surface area contributed by atoms with Gasteiger partial charge in [0.05, 0.1) is 17.6 Å². The highest BCUT2D eigenvalue weighted by molar-refractivity contribution is 7.91. The second-order valence-electron chi connectivity index (χ2n) is 4.94. The summed E-state index contributed by atoms with van der Waals surface area (Å²) in [5.74, 6) is -1.55. The average molecular weight is 267 g/mol. The maximum atomic E-state index is 11.6. The molecule has 0 saturated heterocycles. The number of rotatable bonds is 8. The molecule has 0 aromatic heterocycles. The number of nitrogens with two attached hydrogens (primary N) is 1. The largest absolute Gasteiger partial charge is 0.481 e. The molecular weight excluding hydrogens is 246 g/mol. The summed E-state index contributed by atoms with van der Waals surface area (Å²) < 4.78 is 23.1. The van der Waals surface area contributed by atoms with Gasteiger partial charge in [-0.25, -0.2) is 8.42 Å². The van der Waals surface area contributed by atoms with Crippen LogP contribution in [0.3, 0.4) is 0 Å². The van der Waals surface area contributed by atoms with E-state index in [0.29, 0.717) is 6.42 Å². The van der Waals surface area contributed by atoms with E-state index >= 15 is 0 Å². The monoisotopic (exact) mass is 267 g/mol. The first-order valence-corrected chi connectivity index (χ1v) is 7.23. The van der Waals surface area contributed by atoms with Gasteiger partial charge < -0.3 is 15.9 Å². The van der Waals surface area contributed by atoms with Gasteiger partial charge >= 0.3 is 5.97 Å². The molecule has 0 fully saturated rings. The van der Waals surface area contributed by atoms with Crippen LogP contribution >= 0.6 is 0 Å². The minimum Gasteiger partial charge on any atom is -0.481 e. The Bertz CT molecular complexity index is 344. The molecule has 1 unspecified atom stereocenters. The third-order valence-corrected chi connectivity index (χ3v) is 3.91. The fourth-order valence-corrected chi connectivity index (χ4v) is 2.93. The number of aliphatic hydroxyl groups is 1. The van der Waals surface area contributed by atoms with Crippen LogP contribution in [0.5, 0.6) is 0 Å². The van der Waals surface area contributed by atoms with E-state index in [1.54, 1.807) is 13.8 Å². The molecule has 0 aliphatic rings. The number of carboxylic acid groups (broad SMARTS) is 1. The number of hydrogen-bond acceptors (Lipinski definition) is 5. The molecule has 0 aliphatic heterocycles. The quantitative estimate of drug-likeness (QED) is 0.558. The average Bonchev–Trinajstić information content (AvgIpc) is 2.10. The Balaban J connectivity index is 4.12. The smallest absolute Gasteiger partial charge is 0.303 e. The lowest BCUT2D eigenvalue weighted by Gasteiger charge is -2.18. The first-order chi connectivity index (χ1) is 7.52. The minimum absolute atomic E-state index is 0.0550. The molecule has 1 atom stereocenters. The number of aliphatic carboxylic acids is 1. The van der Waals surface area contributed by atoms with E-state index in [4.69, 9.17) is 10.8 Å². The van der Waals surface area contributed by atoms with Crippen molar-refractivity contribution in [3.63, 3.8) is 0 Å². The molecule has 4 N–H and O–H groups in total. The van der Waals surface area contributed by atoms with Crippen LogP contribution in [0.15, 0.2) is 0 Å². The van der Waals surface area contributed by atoms with Gasteiger partial charge in [0.1, 0.15) is 0 Å². The number of hydrogen-bond donors (Lipinski definition) is 3. The third-order valence-electron chi connectivity index (χ3n) is 2.20. The van der Waals surface area contributed by atoms with Gasteiger partial charge in [-0.3, -0.25) is 4.79 Å². The van der Waals surface area contributed by atoms with Crippen molar-refractivity contribution in [3.05, 3.63) is 0 Å². The molecule has 0 radical (unpaired) electrons. The molecule has 6 nitrogen and oxygen atoms in total. The second-order valence-corrected chi connectivity index (χ2v) is 7.17. The van der Waals surface area contributed by atoms with E-state index < -0.39 is 33.2 Å². The maximum absolute atomic E-state index is 11.6. The van der Waals surface area contributed by atoms with Crippen LogP contribution in [0, 0.1) is 0 Å². The topological polar surface area (TPSA) is 118 Å².